The first kappa shape index (κ1) is 14.0. The molecule has 1 unspecified atom stereocenters. The van der Waals surface area contributed by atoms with Crippen LogP contribution < -0.4 is 5.32 Å². The van der Waals surface area contributed by atoms with Crippen LogP contribution >= 0.6 is 0 Å². The Balaban J connectivity index is 2.21. The number of hydrogen-bond acceptors (Lipinski definition) is 2. The molecule has 1 rings (SSSR count). The van der Waals surface area contributed by atoms with Gasteiger partial charge in [-0.3, -0.25) is 0 Å². The molecule has 1 heterocycles. The van der Waals surface area contributed by atoms with Gasteiger partial charge in [0.05, 0.1) is 0 Å². The highest BCUT2D eigenvalue weighted by Crippen LogP contribution is 2.12. The van der Waals surface area contributed by atoms with Gasteiger partial charge < -0.3 is 10.2 Å². The highest BCUT2D eigenvalue weighted by molar-refractivity contribution is 4.75. The van der Waals surface area contributed by atoms with Crippen molar-refractivity contribution in [2.45, 2.75) is 58.9 Å². The third-order valence-electron chi connectivity index (χ3n) is 4.12. The minimum absolute atomic E-state index is 0.775. The molecule has 0 saturated carbocycles. The van der Waals surface area contributed by atoms with E-state index < -0.39 is 0 Å². The number of nitrogens with zero attached hydrogens (tertiary/aromatic N) is 1. The maximum Gasteiger partial charge on any atom is 0.00798 e. The lowest BCUT2D eigenvalue weighted by Gasteiger charge is -2.21. The smallest absolute Gasteiger partial charge is 0.00798 e. The van der Waals surface area contributed by atoms with E-state index in [-0.39, 0.29) is 0 Å². The van der Waals surface area contributed by atoms with Crippen molar-refractivity contribution in [3.05, 3.63) is 0 Å². The molecule has 1 atom stereocenters. The molecule has 0 aromatic heterocycles. The summed E-state index contributed by atoms with van der Waals surface area (Å²) in [6, 6.07) is 0.775. The number of nitrogens with one attached hydrogen (secondary N) is 1. The van der Waals surface area contributed by atoms with E-state index in [4.69, 9.17) is 0 Å². The minimum Gasteiger partial charge on any atom is -0.314 e. The van der Waals surface area contributed by atoms with Crippen LogP contribution in [0.3, 0.4) is 0 Å². The van der Waals surface area contributed by atoms with Crippen LogP contribution in [-0.2, 0) is 0 Å². The summed E-state index contributed by atoms with van der Waals surface area (Å²) in [4.78, 5) is 2.58. The van der Waals surface area contributed by atoms with Gasteiger partial charge in [0, 0.05) is 6.04 Å². The molecule has 0 bridgehead atoms. The topological polar surface area (TPSA) is 15.3 Å². The summed E-state index contributed by atoms with van der Waals surface area (Å²) in [5, 5.41) is 3.78. The van der Waals surface area contributed by atoms with Crippen molar-refractivity contribution in [3.8, 4) is 0 Å². The van der Waals surface area contributed by atoms with Crippen molar-refractivity contribution in [2.75, 3.05) is 26.2 Å². The standard InChI is InChI=1S/C14H30N2/c1-4-13(5-2)12-15-14-8-7-10-16(6-3)11-9-14/h13-15H,4-12H2,1-3H3. The quantitative estimate of drug-likeness (QED) is 0.749. The molecule has 96 valence electrons. The molecule has 1 saturated heterocycles. The lowest BCUT2D eigenvalue weighted by Crippen LogP contribution is -2.34. The Morgan fingerprint density at radius 3 is 2.50 bits per heavy atom. The molecule has 2 heteroatoms. The predicted octanol–water partition coefficient (Wildman–Crippen LogP) is 2.89. The largest absolute Gasteiger partial charge is 0.314 e. The molecule has 0 amide bonds. The Bertz CT molecular complexity index is 166. The van der Waals surface area contributed by atoms with Gasteiger partial charge in [-0.2, -0.15) is 0 Å². The zero-order valence-corrected chi connectivity index (χ0v) is 11.5. The molecule has 1 aliphatic heterocycles. The summed E-state index contributed by atoms with van der Waals surface area (Å²) in [5.41, 5.74) is 0. The van der Waals surface area contributed by atoms with Gasteiger partial charge >= 0.3 is 0 Å². The second kappa shape index (κ2) is 8.08. The third kappa shape index (κ3) is 4.84. The Labute approximate surface area is 102 Å². The van der Waals surface area contributed by atoms with Crippen molar-refractivity contribution in [1.82, 2.24) is 10.2 Å². The van der Waals surface area contributed by atoms with E-state index in [1.807, 2.05) is 0 Å². The molecular formula is C14H30N2. The molecule has 1 fully saturated rings. The fourth-order valence-electron chi connectivity index (χ4n) is 2.59. The van der Waals surface area contributed by atoms with Crippen molar-refractivity contribution in [2.24, 2.45) is 5.92 Å². The van der Waals surface area contributed by atoms with Gasteiger partial charge in [-0.25, -0.2) is 0 Å². The molecule has 0 radical (unpaired) electrons. The molecule has 0 aromatic carbocycles. The highest BCUT2D eigenvalue weighted by atomic mass is 15.1. The average Bonchev–Trinajstić information content (AvgIpc) is 2.55. The van der Waals surface area contributed by atoms with Crippen LogP contribution in [0.5, 0.6) is 0 Å². The van der Waals surface area contributed by atoms with E-state index in [9.17, 15) is 0 Å². The van der Waals surface area contributed by atoms with Crippen LogP contribution in [0.1, 0.15) is 52.9 Å². The third-order valence-corrected chi connectivity index (χ3v) is 4.12. The van der Waals surface area contributed by atoms with E-state index in [2.05, 4.69) is 31.0 Å². The number of hydrogen-bond donors (Lipinski definition) is 1. The van der Waals surface area contributed by atoms with E-state index in [1.54, 1.807) is 0 Å². The van der Waals surface area contributed by atoms with E-state index in [0.29, 0.717) is 0 Å². The zero-order valence-electron chi connectivity index (χ0n) is 11.5. The number of likely N-dealkylation sites (tertiary alicyclic amines) is 1. The summed E-state index contributed by atoms with van der Waals surface area (Å²) in [6.07, 6.45) is 6.72. The maximum atomic E-state index is 3.78. The Hall–Kier alpha value is -0.0800. The second-order valence-electron chi connectivity index (χ2n) is 5.15. The first-order valence-electron chi connectivity index (χ1n) is 7.25. The van der Waals surface area contributed by atoms with E-state index in [1.165, 1.54) is 58.3 Å². The van der Waals surface area contributed by atoms with Crippen LogP contribution in [0.25, 0.3) is 0 Å². The van der Waals surface area contributed by atoms with Crippen molar-refractivity contribution < 1.29 is 0 Å². The molecule has 0 aliphatic carbocycles. The van der Waals surface area contributed by atoms with Crippen molar-refractivity contribution >= 4 is 0 Å². The van der Waals surface area contributed by atoms with Gasteiger partial charge in [-0.15, -0.1) is 0 Å². The summed E-state index contributed by atoms with van der Waals surface area (Å²) < 4.78 is 0. The maximum absolute atomic E-state index is 3.78. The zero-order chi connectivity index (χ0) is 11.8. The molecule has 1 N–H and O–H groups in total. The first-order valence-corrected chi connectivity index (χ1v) is 7.25. The van der Waals surface area contributed by atoms with E-state index >= 15 is 0 Å². The lowest BCUT2D eigenvalue weighted by molar-refractivity contribution is 0.295. The predicted molar refractivity (Wildman–Crippen MR) is 71.8 cm³/mol. The fourth-order valence-corrected chi connectivity index (χ4v) is 2.59. The van der Waals surface area contributed by atoms with Crippen molar-refractivity contribution in [1.29, 1.82) is 0 Å². The van der Waals surface area contributed by atoms with Crippen LogP contribution in [0.2, 0.25) is 0 Å². The van der Waals surface area contributed by atoms with Gasteiger partial charge in [0.25, 0.3) is 0 Å². The summed E-state index contributed by atoms with van der Waals surface area (Å²) in [7, 11) is 0. The van der Waals surface area contributed by atoms with Gasteiger partial charge in [0.2, 0.25) is 0 Å². The van der Waals surface area contributed by atoms with Crippen LogP contribution in [0, 0.1) is 5.92 Å². The second-order valence-corrected chi connectivity index (χ2v) is 5.15. The van der Waals surface area contributed by atoms with Crippen LogP contribution in [0.4, 0.5) is 0 Å². The minimum atomic E-state index is 0.775. The van der Waals surface area contributed by atoms with Gasteiger partial charge in [-0.1, -0.05) is 33.6 Å². The Morgan fingerprint density at radius 1 is 1.12 bits per heavy atom. The van der Waals surface area contributed by atoms with Gasteiger partial charge in [0.1, 0.15) is 0 Å². The monoisotopic (exact) mass is 226 g/mol. The molecule has 0 spiro atoms. The highest BCUT2D eigenvalue weighted by Gasteiger charge is 2.16. The Morgan fingerprint density at radius 2 is 1.88 bits per heavy atom. The number of rotatable bonds is 6. The van der Waals surface area contributed by atoms with Gasteiger partial charge in [0.15, 0.2) is 0 Å². The molecule has 16 heavy (non-hydrogen) atoms. The molecule has 0 aromatic rings. The lowest BCUT2D eigenvalue weighted by atomic mass is 10.0. The molecular weight excluding hydrogens is 196 g/mol. The normalized spacial score (nSPS) is 23.6. The first-order chi connectivity index (χ1) is 7.80. The van der Waals surface area contributed by atoms with Crippen LogP contribution in [-0.4, -0.2) is 37.1 Å². The average molecular weight is 226 g/mol. The van der Waals surface area contributed by atoms with Crippen molar-refractivity contribution in [3.63, 3.8) is 0 Å². The SMILES string of the molecule is CCC(CC)CNC1CCCN(CC)CC1. The van der Waals surface area contributed by atoms with Crippen LogP contribution in [0.15, 0.2) is 0 Å². The summed E-state index contributed by atoms with van der Waals surface area (Å²) in [5.74, 6) is 0.880. The summed E-state index contributed by atoms with van der Waals surface area (Å²) >= 11 is 0. The summed E-state index contributed by atoms with van der Waals surface area (Å²) in [6.45, 7) is 11.9. The fraction of sp³-hybridized carbons (Fsp3) is 1.00. The van der Waals surface area contributed by atoms with Gasteiger partial charge in [-0.05, 0) is 51.4 Å². The molecule has 2 nitrogen and oxygen atoms in total. The Kier molecular flexibility index (Phi) is 7.06. The molecule has 1 aliphatic rings. The van der Waals surface area contributed by atoms with E-state index in [0.717, 1.165) is 12.0 Å².